The van der Waals surface area contributed by atoms with E-state index in [4.69, 9.17) is 0 Å². The van der Waals surface area contributed by atoms with Crippen molar-refractivity contribution in [2.45, 2.75) is 13.5 Å². The van der Waals surface area contributed by atoms with Gasteiger partial charge in [-0.25, -0.2) is 9.38 Å². The highest BCUT2D eigenvalue weighted by Gasteiger charge is 2.02. The summed E-state index contributed by atoms with van der Waals surface area (Å²) >= 11 is 3.22. The molecule has 1 rings (SSSR count). The van der Waals surface area contributed by atoms with E-state index in [9.17, 15) is 4.39 Å². The van der Waals surface area contributed by atoms with Crippen LogP contribution in [-0.2, 0) is 6.54 Å². The van der Waals surface area contributed by atoms with E-state index < -0.39 is 0 Å². The van der Waals surface area contributed by atoms with Crippen molar-refractivity contribution in [2.24, 2.45) is 4.99 Å². The van der Waals surface area contributed by atoms with Crippen LogP contribution in [0.1, 0.15) is 12.5 Å². The van der Waals surface area contributed by atoms with Crippen LogP contribution in [0.5, 0.6) is 0 Å². The molecule has 106 valence electrons. The smallest absolute Gasteiger partial charge is 0.191 e. The Morgan fingerprint density at radius 3 is 2.79 bits per heavy atom. The molecule has 0 aromatic heterocycles. The number of nitrogens with one attached hydrogen (secondary N) is 2. The van der Waals surface area contributed by atoms with Crippen LogP contribution in [0.4, 0.5) is 4.39 Å². The summed E-state index contributed by atoms with van der Waals surface area (Å²) in [7, 11) is 0. The fraction of sp³-hybridized carbons (Fsp3) is 0.308. The predicted molar refractivity (Wildman–Crippen MR) is 92.5 cm³/mol. The van der Waals surface area contributed by atoms with E-state index in [2.05, 4.69) is 38.1 Å². The molecule has 0 heterocycles. The maximum atomic E-state index is 13.6. The fourth-order valence-electron chi connectivity index (χ4n) is 1.32. The van der Waals surface area contributed by atoms with Gasteiger partial charge in [0.05, 0.1) is 6.54 Å². The van der Waals surface area contributed by atoms with Crippen LogP contribution < -0.4 is 10.6 Å². The Balaban J connectivity index is 0.00000324. The molecule has 2 N–H and O–H groups in total. The zero-order valence-electron chi connectivity index (χ0n) is 10.7. The molecule has 0 amide bonds. The van der Waals surface area contributed by atoms with Crippen LogP contribution in [0.25, 0.3) is 0 Å². The van der Waals surface area contributed by atoms with Crippen molar-refractivity contribution in [3.05, 3.63) is 46.7 Å². The highest BCUT2D eigenvalue weighted by Crippen LogP contribution is 2.15. The molecule has 0 spiro atoms. The van der Waals surface area contributed by atoms with Gasteiger partial charge in [0.15, 0.2) is 5.96 Å². The van der Waals surface area contributed by atoms with Gasteiger partial charge in [0.1, 0.15) is 5.82 Å². The van der Waals surface area contributed by atoms with Gasteiger partial charge >= 0.3 is 0 Å². The van der Waals surface area contributed by atoms with Gasteiger partial charge in [0.2, 0.25) is 0 Å². The highest BCUT2D eigenvalue weighted by molar-refractivity contribution is 14.0. The molecule has 1 aromatic rings. The van der Waals surface area contributed by atoms with E-state index >= 15 is 0 Å². The van der Waals surface area contributed by atoms with E-state index in [-0.39, 0.29) is 29.8 Å². The summed E-state index contributed by atoms with van der Waals surface area (Å²) in [5.41, 5.74) is 0.564. The van der Waals surface area contributed by atoms with Crippen LogP contribution in [0.3, 0.4) is 0 Å². The van der Waals surface area contributed by atoms with Crippen molar-refractivity contribution in [1.29, 1.82) is 0 Å². The highest BCUT2D eigenvalue weighted by atomic mass is 127. The van der Waals surface area contributed by atoms with Gasteiger partial charge in [-0.2, -0.15) is 0 Å². The molecule has 3 nitrogen and oxygen atoms in total. The van der Waals surface area contributed by atoms with Crippen molar-refractivity contribution in [3.8, 4) is 0 Å². The lowest BCUT2D eigenvalue weighted by atomic mass is 10.2. The number of benzene rings is 1. The molecule has 0 fully saturated rings. The van der Waals surface area contributed by atoms with Gasteiger partial charge in [-0.15, -0.1) is 30.6 Å². The van der Waals surface area contributed by atoms with E-state index in [0.717, 1.165) is 11.0 Å². The first kappa shape index (κ1) is 18.4. The zero-order chi connectivity index (χ0) is 13.4. The number of rotatable bonds is 5. The summed E-state index contributed by atoms with van der Waals surface area (Å²) in [6.45, 7) is 7.27. The molecule has 6 heteroatoms. The van der Waals surface area contributed by atoms with Gasteiger partial charge in [-0.05, 0) is 19.1 Å². The third-order valence-corrected chi connectivity index (χ3v) is 2.67. The standard InChI is InChI=1S/C13H17BrFN3.HI/c1-3-7-17-13(16-4-2)18-9-10-5-6-11(14)8-12(10)15;/h3,5-6,8H,1,4,7,9H2,2H3,(H2,16,17,18);1H. The van der Waals surface area contributed by atoms with Gasteiger partial charge in [0, 0.05) is 23.1 Å². The Bertz CT molecular complexity index is 438. The van der Waals surface area contributed by atoms with Crippen LogP contribution in [0.2, 0.25) is 0 Å². The van der Waals surface area contributed by atoms with Crippen molar-refractivity contribution in [1.82, 2.24) is 10.6 Å². The molecular weight excluding hydrogens is 424 g/mol. The summed E-state index contributed by atoms with van der Waals surface area (Å²) in [5.74, 6) is 0.396. The zero-order valence-corrected chi connectivity index (χ0v) is 14.7. The molecule has 0 aliphatic rings. The Labute approximate surface area is 138 Å². The van der Waals surface area contributed by atoms with Crippen molar-refractivity contribution in [3.63, 3.8) is 0 Å². The number of aliphatic imine (C=N–C) groups is 1. The van der Waals surface area contributed by atoms with Crippen LogP contribution >= 0.6 is 39.9 Å². The summed E-state index contributed by atoms with van der Waals surface area (Å²) in [4.78, 5) is 4.30. The maximum absolute atomic E-state index is 13.6. The summed E-state index contributed by atoms with van der Waals surface area (Å²) in [6.07, 6.45) is 1.74. The average Bonchev–Trinajstić information content (AvgIpc) is 2.34. The molecule has 0 aliphatic heterocycles. The minimum Gasteiger partial charge on any atom is -0.357 e. The van der Waals surface area contributed by atoms with Crippen molar-refractivity contribution < 1.29 is 4.39 Å². The molecule has 0 saturated carbocycles. The van der Waals surface area contributed by atoms with Crippen LogP contribution in [-0.4, -0.2) is 19.0 Å². The number of nitrogens with zero attached hydrogens (tertiary/aromatic N) is 1. The summed E-state index contributed by atoms with van der Waals surface area (Å²) in [6, 6.07) is 4.97. The lowest BCUT2D eigenvalue weighted by Gasteiger charge is -2.09. The van der Waals surface area contributed by atoms with Crippen LogP contribution in [0.15, 0.2) is 40.3 Å². The second-order valence-corrected chi connectivity index (χ2v) is 4.52. The molecule has 0 aliphatic carbocycles. The first-order valence-electron chi connectivity index (χ1n) is 5.74. The van der Waals surface area contributed by atoms with Gasteiger partial charge in [-0.3, -0.25) is 0 Å². The summed E-state index contributed by atoms with van der Waals surface area (Å²) in [5, 5.41) is 6.14. The largest absolute Gasteiger partial charge is 0.357 e. The molecule has 0 bridgehead atoms. The summed E-state index contributed by atoms with van der Waals surface area (Å²) < 4.78 is 14.3. The molecule has 0 radical (unpaired) electrons. The second kappa shape index (κ2) is 10.2. The van der Waals surface area contributed by atoms with E-state index in [0.29, 0.717) is 24.6 Å². The quantitative estimate of drug-likeness (QED) is 0.318. The lowest BCUT2D eigenvalue weighted by Crippen LogP contribution is -2.37. The van der Waals surface area contributed by atoms with Crippen LogP contribution in [0, 0.1) is 5.82 Å². The van der Waals surface area contributed by atoms with Crippen molar-refractivity contribution >= 4 is 45.9 Å². The number of guanidine groups is 1. The van der Waals surface area contributed by atoms with E-state index in [1.165, 1.54) is 6.07 Å². The maximum Gasteiger partial charge on any atom is 0.191 e. The third kappa shape index (κ3) is 6.91. The first-order valence-corrected chi connectivity index (χ1v) is 6.53. The number of halogens is 3. The minimum absolute atomic E-state index is 0. The molecule has 0 atom stereocenters. The van der Waals surface area contributed by atoms with Gasteiger partial charge in [0.25, 0.3) is 0 Å². The molecular formula is C13H18BrFIN3. The molecule has 0 saturated heterocycles. The first-order chi connectivity index (χ1) is 8.67. The third-order valence-electron chi connectivity index (χ3n) is 2.18. The average molecular weight is 442 g/mol. The Morgan fingerprint density at radius 2 is 2.21 bits per heavy atom. The Kier molecular flexibility index (Phi) is 9.85. The predicted octanol–water partition coefficient (Wildman–Crippen LogP) is 3.45. The van der Waals surface area contributed by atoms with Crippen molar-refractivity contribution in [2.75, 3.05) is 13.1 Å². The lowest BCUT2D eigenvalue weighted by molar-refractivity contribution is 0.609. The minimum atomic E-state index is -0.257. The Hall–Kier alpha value is -0.630. The molecule has 1 aromatic carbocycles. The van der Waals surface area contributed by atoms with Gasteiger partial charge in [-0.1, -0.05) is 28.1 Å². The monoisotopic (exact) mass is 441 g/mol. The number of hydrogen-bond acceptors (Lipinski definition) is 1. The number of hydrogen-bond donors (Lipinski definition) is 2. The second-order valence-electron chi connectivity index (χ2n) is 3.60. The Morgan fingerprint density at radius 1 is 1.47 bits per heavy atom. The molecule has 0 unspecified atom stereocenters. The van der Waals surface area contributed by atoms with Gasteiger partial charge < -0.3 is 10.6 Å². The topological polar surface area (TPSA) is 36.4 Å². The normalized spacial score (nSPS) is 10.6. The van der Waals surface area contributed by atoms with E-state index in [1.807, 2.05) is 6.92 Å². The molecule has 19 heavy (non-hydrogen) atoms. The van der Waals surface area contributed by atoms with E-state index in [1.54, 1.807) is 18.2 Å². The fourth-order valence-corrected chi connectivity index (χ4v) is 1.66. The SMILES string of the molecule is C=CCNC(=NCc1ccc(Br)cc1F)NCC.I.